The van der Waals surface area contributed by atoms with Gasteiger partial charge in [-0.1, -0.05) is 39.5 Å². The SMILES string of the molecule is C=C(C)C(=O)OCC(=O)OC1C(C#N)CC2CC1OC2=O.C=C(C)C(=O)OCC(=O)OC1CCC2CC1(C)OC2=O.C=CC(=O)OCC(=O)OC1C(C#N)CC2CC1OC2=O.C=CC(=O)OCC(=O)OC1CCC2CC1(C)OC2=O.[C-]#[N+]C12CC(CCC1OC(=O)COC(=O)C(=C)C)C(=O)O2.[C-]#[N+]C12CC(CCC1OC(=O)COC(=O)C=C)C(=O)O2. The number of rotatable bonds is 24. The lowest BCUT2D eigenvalue weighted by Crippen LogP contribution is -2.44. The van der Waals surface area contributed by atoms with Crippen molar-refractivity contribution in [3.8, 4) is 12.1 Å². The van der Waals surface area contributed by atoms with Gasteiger partial charge in [0, 0.05) is 60.6 Å². The van der Waals surface area contributed by atoms with E-state index in [9.17, 15) is 86.3 Å². The number of nitriles is 2. The smallest absolute Gasteiger partial charge is 0.415 e. The van der Waals surface area contributed by atoms with E-state index < -0.39 is 207 Å². The van der Waals surface area contributed by atoms with Gasteiger partial charge in [0.15, 0.2) is 51.8 Å². The second-order valence-electron chi connectivity index (χ2n) is 30.2. The third-order valence-electron chi connectivity index (χ3n) is 21.1. The Labute approximate surface area is 692 Å². The van der Waals surface area contributed by atoms with E-state index in [1.165, 1.54) is 20.8 Å². The third kappa shape index (κ3) is 25.0. The molecular formula is C81H90N4O36. The summed E-state index contributed by atoms with van der Waals surface area (Å²) >= 11 is 0. The molecular weight excluding hydrogens is 1600 g/mol. The van der Waals surface area contributed by atoms with Crippen LogP contribution in [0.5, 0.6) is 0 Å². The van der Waals surface area contributed by atoms with E-state index in [2.05, 4.69) is 72.8 Å². The Bertz CT molecular complexity index is 4300. The minimum absolute atomic E-state index is 0.0847. The third-order valence-corrected chi connectivity index (χ3v) is 21.1. The molecule has 0 amide bonds. The number of ether oxygens (including phenoxy) is 18. The molecule has 6 saturated heterocycles. The van der Waals surface area contributed by atoms with E-state index in [-0.39, 0.29) is 88.9 Å². The van der Waals surface area contributed by atoms with Crippen molar-refractivity contribution in [2.24, 2.45) is 47.3 Å². The largest absolute Gasteiger partial charge is 0.458 e. The zero-order valence-electron chi connectivity index (χ0n) is 66.8. The van der Waals surface area contributed by atoms with Crippen molar-refractivity contribution in [2.45, 2.75) is 209 Å². The monoisotopic (exact) mass is 1690 g/mol. The van der Waals surface area contributed by atoms with E-state index in [4.69, 9.17) is 85.2 Å². The Kier molecular flexibility index (Phi) is 33.0. The van der Waals surface area contributed by atoms with Crippen molar-refractivity contribution in [3.05, 3.63) is 97.3 Å². The summed E-state index contributed by atoms with van der Waals surface area (Å²) in [6.07, 6.45) is 4.76. The van der Waals surface area contributed by atoms with Crippen LogP contribution in [-0.4, -0.2) is 219 Å². The van der Waals surface area contributed by atoms with E-state index >= 15 is 0 Å². The van der Waals surface area contributed by atoms with Crippen LogP contribution in [0.2, 0.25) is 0 Å². The van der Waals surface area contributed by atoms with Crippen molar-refractivity contribution in [1.29, 1.82) is 10.5 Å². The van der Waals surface area contributed by atoms with E-state index in [1.54, 1.807) is 13.8 Å². The number of hydrogen-bond acceptors (Lipinski definition) is 38. The molecule has 20 unspecified atom stereocenters. The van der Waals surface area contributed by atoms with E-state index in [0.29, 0.717) is 89.9 Å². The Hall–Kier alpha value is -13.1. The minimum atomic E-state index is -1.42. The fourth-order valence-corrected chi connectivity index (χ4v) is 15.0. The van der Waals surface area contributed by atoms with Crippen molar-refractivity contribution in [2.75, 3.05) is 39.6 Å². The topological polar surface area (TPSA) is 530 Å². The highest BCUT2D eigenvalue weighted by atomic mass is 16.7. The molecule has 40 heteroatoms. The number of carbonyl (C=O) groups excluding carboxylic acids is 18. The summed E-state index contributed by atoms with van der Waals surface area (Å²) in [7, 11) is 0. The zero-order chi connectivity index (χ0) is 89.6. The predicted octanol–water partition coefficient (Wildman–Crippen LogP) is 4.06. The number of hydrogen-bond donors (Lipinski definition) is 0. The van der Waals surface area contributed by atoms with Crippen molar-refractivity contribution in [3.63, 3.8) is 0 Å². The highest BCUT2D eigenvalue weighted by Crippen LogP contribution is 2.49. The molecule has 12 rings (SSSR count). The molecule has 6 saturated carbocycles. The van der Waals surface area contributed by atoms with Gasteiger partial charge >= 0.3 is 119 Å². The average molecular weight is 1700 g/mol. The first-order valence-corrected chi connectivity index (χ1v) is 38.0. The lowest BCUT2D eigenvalue weighted by molar-refractivity contribution is -0.177. The number of fused-ring (bicyclic) bond motifs is 12. The molecule has 0 N–H and O–H groups in total. The van der Waals surface area contributed by atoms with Gasteiger partial charge in [-0.05, 0) is 98.8 Å². The molecule has 0 aromatic carbocycles. The first kappa shape index (κ1) is 95.0. The predicted molar refractivity (Wildman–Crippen MR) is 393 cm³/mol. The molecule has 0 aromatic heterocycles. The standard InChI is InChI=1S/2C14H15NO6.C14H18O6.2C13H13NO6.C13H16O6/c1-7(2)13(17)19-6-11(16)21-12-9(5-15)3-8-4-10(12)20-14(8)18;1-8(2)12(17)19-7-11(16)20-10-5-4-9-6-14(10,15-3)21-13(9)18;1-8(2)12(16)18-7-11(15)19-10-5-4-9-6-14(10,3)20-13(9)17;1-3-10(15)18-7-11(16)19-9-5-4-8-6-13(9,14-2)20-12(8)17;1-2-10(15)18-6-11(16)20-12-8(5-14)3-7-4-9(12)19-13(7)17;1-3-10(14)17-7-11(15)18-9-5-4-8-6-13(9,2)19-12(8)16/h8-10,12H,1,3-4,6H2,2H3;9-10H,1,4-7H2,2H3;9-10H,1,4-7H2,2-3H3;3,8-9H,1,4-7H2;2,7-9,12H,1,3-4,6H2;3,8-9H,1,4-7H2,2H3. The van der Waals surface area contributed by atoms with Crippen molar-refractivity contribution in [1.82, 2.24) is 0 Å². The Morgan fingerprint density at radius 3 is 0.934 bits per heavy atom. The highest BCUT2D eigenvalue weighted by molar-refractivity contribution is 5.91. The number of esters is 18. The highest BCUT2D eigenvalue weighted by Gasteiger charge is 2.65. The molecule has 0 radical (unpaired) electrons. The van der Waals surface area contributed by atoms with Gasteiger partial charge in [0.25, 0.3) is 0 Å². The molecule has 121 heavy (non-hydrogen) atoms. The molecule has 12 bridgehead atoms. The van der Waals surface area contributed by atoms with Crippen LogP contribution >= 0.6 is 0 Å². The maximum Gasteiger partial charge on any atom is 0.415 e. The van der Waals surface area contributed by atoms with Gasteiger partial charge in [-0.15, -0.1) is 0 Å². The van der Waals surface area contributed by atoms with Crippen LogP contribution < -0.4 is 0 Å². The van der Waals surface area contributed by atoms with Crippen LogP contribution in [0.1, 0.15) is 137 Å². The molecule has 6 aliphatic carbocycles. The van der Waals surface area contributed by atoms with Crippen LogP contribution in [0.25, 0.3) is 9.69 Å². The summed E-state index contributed by atoms with van der Waals surface area (Å²) in [5, 5.41) is 18.2. The lowest BCUT2D eigenvalue weighted by atomic mass is 9.80. The molecule has 0 aromatic rings. The van der Waals surface area contributed by atoms with Crippen molar-refractivity contribution >= 4 is 107 Å². The van der Waals surface area contributed by atoms with E-state index in [1.807, 2.05) is 12.1 Å². The quantitative estimate of drug-likeness (QED) is 0.0569. The van der Waals surface area contributed by atoms with Crippen LogP contribution in [0.4, 0.5) is 0 Å². The van der Waals surface area contributed by atoms with E-state index in [0.717, 1.165) is 18.2 Å². The summed E-state index contributed by atoms with van der Waals surface area (Å²) in [6.45, 7) is 39.0. The van der Waals surface area contributed by atoms with Gasteiger partial charge in [0.2, 0.25) is 12.2 Å². The van der Waals surface area contributed by atoms with Gasteiger partial charge in [0.1, 0.15) is 35.6 Å². The van der Waals surface area contributed by atoms with Crippen LogP contribution in [-0.2, 0) is 172 Å². The van der Waals surface area contributed by atoms with Gasteiger partial charge < -0.3 is 85.3 Å². The molecule has 12 aliphatic rings. The van der Waals surface area contributed by atoms with Gasteiger partial charge in [-0.25, -0.2) is 70.7 Å². The maximum absolute atomic E-state index is 11.7. The van der Waals surface area contributed by atoms with Crippen molar-refractivity contribution < 1.29 is 172 Å². The second-order valence-corrected chi connectivity index (χ2v) is 30.2. The van der Waals surface area contributed by atoms with Gasteiger partial charge in [-0.3, -0.25) is 38.5 Å². The summed E-state index contributed by atoms with van der Waals surface area (Å²) in [4.78, 5) is 211. The first-order chi connectivity index (χ1) is 57.1. The summed E-state index contributed by atoms with van der Waals surface area (Å²) < 4.78 is 89.8. The minimum Gasteiger partial charge on any atom is -0.458 e. The fraction of sp³-hybridized carbons (Fsp3) is 0.580. The number of carbonyl (C=O) groups is 18. The lowest BCUT2D eigenvalue weighted by Gasteiger charge is -2.34. The van der Waals surface area contributed by atoms with Crippen LogP contribution in [0, 0.1) is 83.1 Å². The molecule has 650 valence electrons. The summed E-state index contributed by atoms with van der Waals surface area (Å²) in [5.74, 6) is -13.1. The normalized spacial score (nSPS) is 30.9. The molecule has 12 fully saturated rings. The van der Waals surface area contributed by atoms with Crippen LogP contribution in [0.15, 0.2) is 74.4 Å². The molecule has 6 heterocycles. The maximum atomic E-state index is 11.7. The molecule has 6 aliphatic heterocycles. The fourth-order valence-electron chi connectivity index (χ4n) is 15.0. The van der Waals surface area contributed by atoms with Gasteiger partial charge in [-0.2, -0.15) is 10.5 Å². The molecule has 0 spiro atoms. The summed E-state index contributed by atoms with van der Waals surface area (Å²) in [5.41, 5.74) is -3.79. The van der Waals surface area contributed by atoms with Gasteiger partial charge in [0.05, 0.1) is 72.3 Å². The molecule has 40 nitrogen and oxygen atoms in total. The second kappa shape index (κ2) is 42.0. The summed E-state index contributed by atoms with van der Waals surface area (Å²) in [6, 6.07) is 4.06. The Morgan fingerprint density at radius 1 is 0.388 bits per heavy atom. The van der Waals surface area contributed by atoms with Crippen LogP contribution in [0.3, 0.4) is 0 Å². The average Bonchev–Trinajstić information content (AvgIpc) is 1.63. The Balaban J connectivity index is 0.000000200. The first-order valence-electron chi connectivity index (χ1n) is 38.0. The number of nitrogens with zero attached hydrogens (tertiary/aromatic N) is 4. The zero-order valence-corrected chi connectivity index (χ0v) is 66.8. The Morgan fingerprint density at radius 2 is 0.653 bits per heavy atom. The molecule has 20 atom stereocenters.